The van der Waals surface area contributed by atoms with Gasteiger partial charge in [0.1, 0.15) is 29.5 Å². The molecule has 2 aromatic carbocycles. The maximum absolute atomic E-state index is 13.9. The summed E-state index contributed by atoms with van der Waals surface area (Å²) in [6.07, 6.45) is -1.11. The molecule has 3 N–H and O–H groups in total. The Balaban J connectivity index is 1.99. The number of ether oxygens (including phenoxy) is 3. The van der Waals surface area contributed by atoms with E-state index in [1.165, 1.54) is 26.4 Å². The molecule has 2 rings (SSSR count). The predicted octanol–water partition coefficient (Wildman–Crippen LogP) is 1.70. The number of aliphatic hydroxyl groups is 1. The third-order valence-corrected chi connectivity index (χ3v) is 6.15. The minimum atomic E-state index is -4.28. The van der Waals surface area contributed by atoms with Crippen LogP contribution in [0.15, 0.2) is 47.4 Å². The number of carbonyl (C=O) groups is 1. The molecule has 0 saturated heterocycles. The average Bonchev–Trinajstić information content (AvgIpc) is 2.79. The molecule has 0 spiro atoms. The van der Waals surface area contributed by atoms with Gasteiger partial charge in [0.15, 0.2) is 11.5 Å². The molecule has 33 heavy (non-hydrogen) atoms. The monoisotopic (exact) mass is 484 g/mol. The third-order valence-electron chi connectivity index (χ3n) is 4.67. The number of para-hydroxylation sites is 1. The number of hydrogen-bond donors (Lipinski definition) is 3. The van der Waals surface area contributed by atoms with Crippen LogP contribution in [0.5, 0.6) is 17.2 Å². The van der Waals surface area contributed by atoms with Gasteiger partial charge >= 0.3 is 0 Å². The highest BCUT2D eigenvalue weighted by atomic mass is 32.2. The molecule has 1 amide bonds. The Morgan fingerprint density at radius 3 is 2.21 bits per heavy atom. The number of hydrogen-bond acceptors (Lipinski definition) is 7. The molecule has 9 nitrogen and oxygen atoms in total. The molecule has 182 valence electrons. The van der Waals surface area contributed by atoms with Crippen LogP contribution in [0.25, 0.3) is 0 Å². The van der Waals surface area contributed by atoms with E-state index < -0.39 is 44.7 Å². The maximum atomic E-state index is 13.9. The average molecular weight is 485 g/mol. The number of nitrogens with one attached hydrogen (secondary N) is 2. The van der Waals surface area contributed by atoms with Crippen molar-refractivity contribution in [2.75, 3.05) is 27.4 Å². The molecule has 11 heteroatoms. The number of aliphatic hydroxyl groups excluding tert-OH is 1. The summed E-state index contributed by atoms with van der Waals surface area (Å²) in [4.78, 5) is 12.1. The third kappa shape index (κ3) is 7.04. The van der Waals surface area contributed by atoms with E-state index in [1.54, 1.807) is 32.0 Å². The summed E-state index contributed by atoms with van der Waals surface area (Å²) in [6.45, 7) is 2.88. The van der Waals surface area contributed by atoms with E-state index in [1.807, 2.05) is 0 Å². The Morgan fingerprint density at radius 2 is 1.67 bits per heavy atom. The van der Waals surface area contributed by atoms with Gasteiger partial charge in [-0.1, -0.05) is 32.0 Å². The van der Waals surface area contributed by atoms with E-state index in [2.05, 4.69) is 10.0 Å². The van der Waals surface area contributed by atoms with Crippen molar-refractivity contribution in [3.8, 4) is 17.2 Å². The number of benzene rings is 2. The quantitative estimate of drug-likeness (QED) is 0.419. The lowest BCUT2D eigenvalue weighted by molar-refractivity contribution is -0.124. The predicted molar refractivity (Wildman–Crippen MR) is 119 cm³/mol. The van der Waals surface area contributed by atoms with Crippen molar-refractivity contribution >= 4 is 15.9 Å². The fraction of sp³-hybridized carbons (Fsp3) is 0.409. The molecule has 0 aromatic heterocycles. The number of halogens is 1. The minimum absolute atomic E-state index is 0.190. The summed E-state index contributed by atoms with van der Waals surface area (Å²) in [5, 5.41) is 12.7. The Hall–Kier alpha value is -2.89. The lowest BCUT2D eigenvalue weighted by Gasteiger charge is -2.23. The standard InChI is InChI=1S/C22H29FN2O7S/c1-14(2)20(25-33(28,29)19-11-6-5-8-16(19)23)22(27)24-12-15(26)13-32-21-17(30-3)9-7-10-18(21)31-4/h5-11,14-15,20,25-26H,12-13H2,1-4H3,(H,24,27)/t15?,20-/m0/s1. The molecule has 0 saturated carbocycles. The summed E-state index contributed by atoms with van der Waals surface area (Å²) in [5.74, 6) is -0.921. The van der Waals surface area contributed by atoms with Crippen LogP contribution < -0.4 is 24.2 Å². The van der Waals surface area contributed by atoms with Crippen LogP contribution >= 0.6 is 0 Å². The molecular formula is C22H29FN2O7S. The zero-order valence-corrected chi connectivity index (χ0v) is 19.7. The van der Waals surface area contributed by atoms with Crippen molar-refractivity contribution in [1.82, 2.24) is 10.0 Å². The first-order valence-corrected chi connectivity index (χ1v) is 11.7. The van der Waals surface area contributed by atoms with Crippen LogP contribution in [0.3, 0.4) is 0 Å². The van der Waals surface area contributed by atoms with Gasteiger partial charge in [0.2, 0.25) is 21.7 Å². The Kier molecular flexibility index (Phi) is 9.44. The van der Waals surface area contributed by atoms with Gasteiger partial charge < -0.3 is 24.6 Å². The summed E-state index contributed by atoms with van der Waals surface area (Å²) in [7, 11) is -1.35. The van der Waals surface area contributed by atoms with Crippen LogP contribution in [0.4, 0.5) is 4.39 Å². The van der Waals surface area contributed by atoms with Crippen molar-refractivity contribution < 1.29 is 36.9 Å². The lowest BCUT2D eigenvalue weighted by Crippen LogP contribution is -2.51. The van der Waals surface area contributed by atoms with Crippen LogP contribution in [0, 0.1) is 11.7 Å². The first-order valence-electron chi connectivity index (χ1n) is 10.2. The van der Waals surface area contributed by atoms with E-state index in [0.29, 0.717) is 17.2 Å². The van der Waals surface area contributed by atoms with E-state index in [0.717, 1.165) is 12.1 Å². The van der Waals surface area contributed by atoms with E-state index in [-0.39, 0.29) is 13.2 Å². The molecule has 0 aliphatic heterocycles. The van der Waals surface area contributed by atoms with Crippen molar-refractivity contribution in [3.05, 3.63) is 48.3 Å². The highest BCUT2D eigenvalue weighted by Crippen LogP contribution is 2.36. The van der Waals surface area contributed by atoms with E-state index in [9.17, 15) is 22.7 Å². The Bertz CT molecular complexity index is 1020. The van der Waals surface area contributed by atoms with Crippen LogP contribution in [0.1, 0.15) is 13.8 Å². The molecule has 2 atom stereocenters. The van der Waals surface area contributed by atoms with Gasteiger partial charge in [-0.05, 0) is 30.2 Å². The summed E-state index contributed by atoms with van der Waals surface area (Å²) in [5.41, 5.74) is 0. The van der Waals surface area contributed by atoms with Crippen molar-refractivity contribution in [1.29, 1.82) is 0 Å². The number of methoxy groups -OCH3 is 2. The fourth-order valence-electron chi connectivity index (χ4n) is 2.91. The summed E-state index contributed by atoms with van der Waals surface area (Å²) in [6, 6.07) is 8.75. The number of rotatable bonds is 12. The zero-order chi connectivity index (χ0) is 24.6. The SMILES string of the molecule is COc1cccc(OC)c1OCC(O)CNC(=O)[C@@H](NS(=O)(=O)c1ccccc1F)C(C)C. The molecule has 2 aromatic rings. The van der Waals surface area contributed by atoms with Gasteiger partial charge in [-0.15, -0.1) is 0 Å². The first kappa shape index (κ1) is 26.4. The highest BCUT2D eigenvalue weighted by Gasteiger charge is 2.30. The maximum Gasteiger partial charge on any atom is 0.244 e. The van der Waals surface area contributed by atoms with Crippen LogP contribution in [-0.4, -0.2) is 58.9 Å². The molecule has 0 heterocycles. The number of sulfonamides is 1. The highest BCUT2D eigenvalue weighted by molar-refractivity contribution is 7.89. The molecule has 0 fully saturated rings. The largest absolute Gasteiger partial charge is 0.493 e. The molecular weight excluding hydrogens is 455 g/mol. The molecule has 1 unspecified atom stereocenters. The minimum Gasteiger partial charge on any atom is -0.493 e. The fourth-order valence-corrected chi connectivity index (χ4v) is 4.33. The zero-order valence-electron chi connectivity index (χ0n) is 18.9. The molecule has 0 radical (unpaired) electrons. The summed E-state index contributed by atoms with van der Waals surface area (Å²) < 4.78 is 57.3. The van der Waals surface area contributed by atoms with Gasteiger partial charge in [-0.25, -0.2) is 12.8 Å². The number of amides is 1. The van der Waals surface area contributed by atoms with Crippen LogP contribution in [0.2, 0.25) is 0 Å². The number of carbonyl (C=O) groups excluding carboxylic acids is 1. The molecule has 0 aliphatic rings. The van der Waals surface area contributed by atoms with Gasteiger partial charge in [0.25, 0.3) is 0 Å². The Morgan fingerprint density at radius 1 is 1.06 bits per heavy atom. The van der Waals surface area contributed by atoms with Crippen molar-refractivity contribution in [3.63, 3.8) is 0 Å². The summed E-state index contributed by atoms with van der Waals surface area (Å²) >= 11 is 0. The van der Waals surface area contributed by atoms with Crippen LogP contribution in [-0.2, 0) is 14.8 Å². The molecule has 0 bridgehead atoms. The topological polar surface area (TPSA) is 123 Å². The van der Waals surface area contributed by atoms with Crippen molar-refractivity contribution in [2.24, 2.45) is 5.92 Å². The smallest absolute Gasteiger partial charge is 0.244 e. The van der Waals surface area contributed by atoms with Crippen molar-refractivity contribution in [2.45, 2.75) is 30.9 Å². The second-order valence-corrected chi connectivity index (χ2v) is 9.16. The van der Waals surface area contributed by atoms with E-state index in [4.69, 9.17) is 14.2 Å². The lowest BCUT2D eigenvalue weighted by atomic mass is 10.1. The van der Waals surface area contributed by atoms with Gasteiger partial charge in [0, 0.05) is 6.54 Å². The van der Waals surface area contributed by atoms with Gasteiger partial charge in [-0.2, -0.15) is 4.72 Å². The first-order chi connectivity index (χ1) is 15.6. The van der Waals surface area contributed by atoms with E-state index >= 15 is 0 Å². The molecule has 0 aliphatic carbocycles. The van der Waals surface area contributed by atoms with Gasteiger partial charge in [-0.3, -0.25) is 4.79 Å². The normalized spacial score (nSPS) is 13.3. The second-order valence-electron chi connectivity index (χ2n) is 7.48. The Labute approximate surface area is 192 Å². The van der Waals surface area contributed by atoms with Gasteiger partial charge in [0.05, 0.1) is 14.2 Å². The second kappa shape index (κ2) is 11.8.